The highest BCUT2D eigenvalue weighted by molar-refractivity contribution is 5.76. The van der Waals surface area contributed by atoms with Gasteiger partial charge in [-0.15, -0.1) is 0 Å². The first-order chi connectivity index (χ1) is 8.06. The number of carboxylic acids is 1. The highest BCUT2D eigenvalue weighted by atomic mass is 16.5. The van der Waals surface area contributed by atoms with Crippen molar-refractivity contribution >= 4 is 18.3 Å². The van der Waals surface area contributed by atoms with Gasteiger partial charge in [-0.05, 0) is 7.05 Å². The summed E-state index contributed by atoms with van der Waals surface area (Å²) < 4.78 is 4.84. The van der Waals surface area contributed by atoms with Crippen LogP contribution in [0.3, 0.4) is 0 Å². The molecule has 0 radical (unpaired) electrons. The third-order valence-electron chi connectivity index (χ3n) is 2.00. The molecule has 2 N–H and O–H groups in total. The lowest BCUT2D eigenvalue weighted by atomic mass is 10.3. The average molecular weight is 246 g/mol. The quantitative estimate of drug-likeness (QED) is 0.294. The Balaban J connectivity index is 3.45. The summed E-state index contributed by atoms with van der Waals surface area (Å²) in [7, 11) is 1.83. The number of carbonyl (C=O) groups is 3. The molecule has 0 aromatic rings. The van der Waals surface area contributed by atoms with Crippen molar-refractivity contribution in [1.29, 1.82) is 0 Å². The number of likely N-dealkylation sites (N-methyl/N-ethyl adjacent to an activating group) is 1. The summed E-state index contributed by atoms with van der Waals surface area (Å²) in [5.74, 6) is -1.52. The van der Waals surface area contributed by atoms with E-state index in [0.29, 0.717) is 26.0 Å². The third-order valence-corrected chi connectivity index (χ3v) is 2.00. The Morgan fingerprint density at radius 3 is 2.65 bits per heavy atom. The Morgan fingerprint density at radius 1 is 1.35 bits per heavy atom. The zero-order chi connectivity index (χ0) is 13.1. The number of hydrogen-bond donors (Lipinski definition) is 2. The van der Waals surface area contributed by atoms with Crippen molar-refractivity contribution in [3.63, 3.8) is 0 Å². The zero-order valence-corrected chi connectivity index (χ0v) is 9.85. The molecule has 0 aromatic heterocycles. The van der Waals surface area contributed by atoms with Gasteiger partial charge in [-0.2, -0.15) is 0 Å². The molecule has 7 nitrogen and oxygen atoms in total. The monoisotopic (exact) mass is 246 g/mol. The molecule has 0 aliphatic carbocycles. The summed E-state index contributed by atoms with van der Waals surface area (Å²) in [6.45, 7) is 1.95. The number of aliphatic carboxylic acids is 1. The number of carboxylic acid groups (broad SMARTS) is 1. The van der Waals surface area contributed by atoms with Crippen LogP contribution in [0.1, 0.15) is 12.8 Å². The molecule has 0 atom stereocenters. The second-order valence-electron chi connectivity index (χ2n) is 3.49. The maximum Gasteiger partial charge on any atom is 0.306 e. The van der Waals surface area contributed by atoms with Gasteiger partial charge in [0, 0.05) is 19.6 Å². The molecule has 0 aliphatic heterocycles. The summed E-state index contributed by atoms with van der Waals surface area (Å²) in [5.41, 5.74) is 0. The Kier molecular flexibility index (Phi) is 8.67. The van der Waals surface area contributed by atoms with Crippen LogP contribution >= 0.6 is 0 Å². The number of carbonyl (C=O) groups excluding carboxylic acids is 2. The van der Waals surface area contributed by atoms with Gasteiger partial charge in [0.15, 0.2) is 0 Å². The second-order valence-corrected chi connectivity index (χ2v) is 3.49. The molecule has 0 saturated heterocycles. The molecule has 0 bridgehead atoms. The van der Waals surface area contributed by atoms with E-state index in [9.17, 15) is 14.4 Å². The van der Waals surface area contributed by atoms with Gasteiger partial charge in [0.25, 0.3) is 0 Å². The van der Waals surface area contributed by atoms with Crippen molar-refractivity contribution in [1.82, 2.24) is 10.2 Å². The minimum Gasteiger partial charge on any atom is -0.481 e. The number of nitrogens with one attached hydrogen (secondary N) is 1. The van der Waals surface area contributed by atoms with E-state index in [1.54, 1.807) is 0 Å². The number of ether oxygens (including phenoxy) is 1. The minimum atomic E-state index is -1.01. The van der Waals surface area contributed by atoms with Crippen LogP contribution in [0.15, 0.2) is 0 Å². The Bertz CT molecular complexity index is 257. The molecule has 0 rings (SSSR count). The Hall–Kier alpha value is -1.63. The molecule has 0 aromatic carbocycles. The van der Waals surface area contributed by atoms with E-state index >= 15 is 0 Å². The van der Waals surface area contributed by atoms with Gasteiger partial charge in [-0.25, -0.2) is 0 Å². The Labute approximate surface area is 99.7 Å². The molecule has 7 heteroatoms. The summed E-state index contributed by atoms with van der Waals surface area (Å²) in [5, 5.41) is 10.9. The van der Waals surface area contributed by atoms with Gasteiger partial charge in [-0.1, -0.05) is 0 Å². The van der Waals surface area contributed by atoms with Crippen LogP contribution < -0.4 is 5.32 Å². The first-order valence-corrected chi connectivity index (χ1v) is 5.29. The summed E-state index contributed by atoms with van der Waals surface area (Å²) >= 11 is 0. The van der Waals surface area contributed by atoms with Gasteiger partial charge in [-0.3, -0.25) is 14.4 Å². The van der Waals surface area contributed by atoms with Gasteiger partial charge in [0.1, 0.15) is 6.61 Å². The molecular formula is C10H18N2O5. The average Bonchev–Trinajstić information content (AvgIpc) is 2.27. The fourth-order valence-electron chi connectivity index (χ4n) is 1.02. The van der Waals surface area contributed by atoms with Crippen LogP contribution in [0, 0.1) is 0 Å². The lowest BCUT2D eigenvalue weighted by Crippen LogP contribution is -2.31. The number of rotatable bonds is 10. The number of esters is 1. The van der Waals surface area contributed by atoms with E-state index in [-0.39, 0.29) is 19.4 Å². The molecule has 0 aliphatic rings. The lowest BCUT2D eigenvalue weighted by Gasteiger charge is -2.15. The molecule has 1 amide bonds. The molecule has 98 valence electrons. The van der Waals surface area contributed by atoms with Crippen molar-refractivity contribution in [3.8, 4) is 0 Å². The second kappa shape index (κ2) is 9.59. The minimum absolute atomic E-state index is 0.105. The topological polar surface area (TPSA) is 95.9 Å². The normalized spacial score (nSPS) is 10.0. The molecule has 0 heterocycles. The molecule has 0 fully saturated rings. The first-order valence-electron chi connectivity index (χ1n) is 5.29. The lowest BCUT2D eigenvalue weighted by molar-refractivity contribution is -0.148. The largest absolute Gasteiger partial charge is 0.481 e. The van der Waals surface area contributed by atoms with Crippen molar-refractivity contribution in [2.24, 2.45) is 0 Å². The van der Waals surface area contributed by atoms with Crippen molar-refractivity contribution in [3.05, 3.63) is 0 Å². The van der Waals surface area contributed by atoms with Crippen molar-refractivity contribution in [2.75, 3.05) is 33.3 Å². The van der Waals surface area contributed by atoms with E-state index in [1.807, 2.05) is 11.9 Å². The van der Waals surface area contributed by atoms with E-state index in [2.05, 4.69) is 5.32 Å². The predicted molar refractivity (Wildman–Crippen MR) is 59.4 cm³/mol. The highest BCUT2D eigenvalue weighted by Crippen LogP contribution is 1.93. The smallest absolute Gasteiger partial charge is 0.306 e. The van der Waals surface area contributed by atoms with Gasteiger partial charge < -0.3 is 20.1 Å². The molecule has 0 unspecified atom stereocenters. The Morgan fingerprint density at radius 2 is 2.06 bits per heavy atom. The van der Waals surface area contributed by atoms with Gasteiger partial charge in [0.05, 0.1) is 12.8 Å². The predicted octanol–water partition coefficient (Wildman–Crippen LogP) is -0.928. The molecule has 0 saturated carbocycles. The van der Waals surface area contributed by atoms with Crippen LogP contribution in [0.5, 0.6) is 0 Å². The van der Waals surface area contributed by atoms with E-state index in [4.69, 9.17) is 9.84 Å². The van der Waals surface area contributed by atoms with Crippen molar-refractivity contribution in [2.45, 2.75) is 12.8 Å². The maximum atomic E-state index is 11.0. The fourth-order valence-corrected chi connectivity index (χ4v) is 1.02. The van der Waals surface area contributed by atoms with Crippen LogP contribution in [0.25, 0.3) is 0 Å². The van der Waals surface area contributed by atoms with Crippen LogP contribution in [-0.4, -0.2) is 61.6 Å². The van der Waals surface area contributed by atoms with Crippen LogP contribution in [0.4, 0.5) is 0 Å². The van der Waals surface area contributed by atoms with Crippen LogP contribution in [-0.2, 0) is 19.1 Å². The SMILES string of the molecule is CN(CCNC=O)CCOC(=O)CCC(=O)O. The zero-order valence-electron chi connectivity index (χ0n) is 9.85. The number of amides is 1. The van der Waals surface area contributed by atoms with E-state index in [0.717, 1.165) is 0 Å². The van der Waals surface area contributed by atoms with Gasteiger partial charge >= 0.3 is 11.9 Å². The van der Waals surface area contributed by atoms with E-state index in [1.165, 1.54) is 0 Å². The number of hydrogen-bond acceptors (Lipinski definition) is 5. The summed E-state index contributed by atoms with van der Waals surface area (Å²) in [6.07, 6.45) is 0.309. The highest BCUT2D eigenvalue weighted by Gasteiger charge is 2.06. The van der Waals surface area contributed by atoms with E-state index < -0.39 is 11.9 Å². The van der Waals surface area contributed by atoms with Crippen LogP contribution in [0.2, 0.25) is 0 Å². The molecule has 0 spiro atoms. The third kappa shape index (κ3) is 10.6. The maximum absolute atomic E-state index is 11.0. The first kappa shape index (κ1) is 15.4. The van der Waals surface area contributed by atoms with Crippen molar-refractivity contribution < 1.29 is 24.2 Å². The standard InChI is InChI=1S/C10H18N2O5/c1-12(5-4-11-8-13)6-7-17-10(16)3-2-9(14)15/h8H,2-7H2,1H3,(H,11,13)(H,14,15). The fraction of sp³-hybridized carbons (Fsp3) is 0.700. The number of nitrogens with zero attached hydrogens (tertiary/aromatic N) is 1. The summed E-state index contributed by atoms with van der Waals surface area (Å²) in [6, 6.07) is 0. The molecule has 17 heavy (non-hydrogen) atoms. The molecular weight excluding hydrogens is 228 g/mol. The van der Waals surface area contributed by atoms with Gasteiger partial charge in [0.2, 0.25) is 6.41 Å². The summed E-state index contributed by atoms with van der Waals surface area (Å²) in [4.78, 5) is 33.1.